The molecule has 0 spiro atoms. The van der Waals surface area contributed by atoms with Gasteiger partial charge in [-0.3, -0.25) is 0 Å². The van der Waals surface area contributed by atoms with Crippen LogP contribution in [0.25, 0.3) is 99.5 Å². The Morgan fingerprint density at radius 1 is 0.308 bits per heavy atom. The van der Waals surface area contributed by atoms with Crippen molar-refractivity contribution in [1.29, 1.82) is 0 Å². The van der Waals surface area contributed by atoms with E-state index in [-0.39, 0.29) is 13.4 Å². The summed E-state index contributed by atoms with van der Waals surface area (Å²) >= 11 is 1.96. The number of benzene rings is 10. The molecule has 0 unspecified atom stereocenters. The zero-order chi connectivity index (χ0) is 42.1. The molecule has 65 heavy (non-hydrogen) atoms. The van der Waals surface area contributed by atoms with Gasteiger partial charge in [0.15, 0.2) is 0 Å². The highest BCUT2D eigenvalue weighted by Gasteiger charge is 2.48. The topological polar surface area (TPSA) is 9.86 Å². The molecule has 4 aliphatic rings. The molecule has 0 N–H and O–H groups in total. The maximum atomic E-state index is 2.74. The van der Waals surface area contributed by atoms with E-state index in [1.165, 1.54) is 142 Å². The minimum atomic E-state index is 0.00260. The normalized spacial score (nSPS) is 13.4. The molecule has 6 heterocycles. The molecule has 0 fully saturated rings. The zero-order valence-corrected chi connectivity index (χ0v) is 35.9. The highest BCUT2D eigenvalue weighted by Crippen LogP contribution is 2.46. The van der Waals surface area contributed by atoms with E-state index in [0.29, 0.717) is 0 Å². The lowest BCUT2D eigenvalue weighted by Gasteiger charge is -2.41. The number of aromatic nitrogens is 2. The van der Waals surface area contributed by atoms with Gasteiger partial charge in [-0.2, -0.15) is 0 Å². The van der Waals surface area contributed by atoms with Gasteiger partial charge in [0.2, 0.25) is 6.71 Å². The Morgan fingerprint density at radius 3 is 1.31 bits per heavy atom. The molecule has 0 radical (unpaired) electrons. The van der Waals surface area contributed by atoms with Crippen molar-refractivity contribution in [2.75, 3.05) is 0 Å². The van der Waals surface area contributed by atoms with Gasteiger partial charge in [-0.25, -0.2) is 0 Å². The molecule has 0 bridgehead atoms. The second kappa shape index (κ2) is 12.5. The smallest absolute Gasteiger partial charge is 0.252 e. The summed E-state index contributed by atoms with van der Waals surface area (Å²) in [5, 5.41) is 5.25. The molecule has 2 nitrogen and oxygen atoms in total. The van der Waals surface area contributed by atoms with E-state index < -0.39 is 0 Å². The number of rotatable bonds is 4. The van der Waals surface area contributed by atoms with Gasteiger partial charge in [-0.05, 0) is 114 Å². The van der Waals surface area contributed by atoms with Gasteiger partial charge in [-0.15, -0.1) is 0 Å². The quantitative estimate of drug-likeness (QED) is 0.161. The van der Waals surface area contributed by atoms with E-state index in [4.69, 9.17) is 0 Å². The molecule has 4 aliphatic heterocycles. The predicted molar refractivity (Wildman–Crippen MR) is 277 cm³/mol. The summed E-state index contributed by atoms with van der Waals surface area (Å²) in [5.74, 6) is 0. The van der Waals surface area contributed by atoms with Crippen molar-refractivity contribution < 1.29 is 0 Å². The second-order valence-electron chi connectivity index (χ2n) is 18.3. The lowest BCUT2D eigenvalue weighted by Crippen LogP contribution is -2.66. The average molecular weight is 837 g/mol. The fourth-order valence-electron chi connectivity index (χ4n) is 12.5. The van der Waals surface area contributed by atoms with Crippen LogP contribution in [0.2, 0.25) is 0 Å². The maximum absolute atomic E-state index is 2.74. The van der Waals surface area contributed by atoms with Crippen LogP contribution in [0, 0.1) is 0 Å². The first-order valence-corrected chi connectivity index (χ1v) is 23.5. The SMILES string of the molecule is c1ccc(-c2ccc3c(c2)c2cc(-c4ccccc4)cc4c2n3-c2cc3c5c6c2B4c2cc(-c4ccccc4)cc4c7cc(-c8ccccc8)cc(c7n-6c24)B5c2ccccc2S3)cc1. The van der Waals surface area contributed by atoms with Crippen LogP contribution in [-0.4, -0.2) is 22.6 Å². The minimum Gasteiger partial charge on any atom is -0.311 e. The number of fused-ring (bicyclic) bond motifs is 10. The molecule has 0 saturated carbocycles. The van der Waals surface area contributed by atoms with Crippen molar-refractivity contribution in [3.63, 3.8) is 0 Å². The Balaban J connectivity index is 1.12. The molecule has 0 aliphatic carbocycles. The van der Waals surface area contributed by atoms with Crippen molar-refractivity contribution in [3.8, 4) is 55.9 Å². The van der Waals surface area contributed by atoms with Crippen LogP contribution in [-0.2, 0) is 0 Å². The van der Waals surface area contributed by atoms with Crippen molar-refractivity contribution in [2.45, 2.75) is 9.79 Å². The molecule has 10 aromatic carbocycles. The lowest BCUT2D eigenvalue weighted by atomic mass is 9.30. The molecule has 5 heteroatoms. The molecular formula is C60H34B2N2S. The van der Waals surface area contributed by atoms with Gasteiger partial charge in [-0.1, -0.05) is 181 Å². The van der Waals surface area contributed by atoms with Crippen LogP contribution in [0.4, 0.5) is 0 Å². The lowest BCUT2D eigenvalue weighted by molar-refractivity contribution is 1.13. The standard InChI is InChI=1S/C60H34B2N2S/c1-5-15-35(16-6-1)39-25-26-51-43(27-39)44-28-40(36-17-7-2-8-18-36)31-48-57(44)63(51)52-34-54-56-60-55(52)62(48)50-33-42(38-21-11-4-12-22-38)30-46-45-29-41(37-19-9-3-10-20-37)32-49(58(45)64(60)59(46)50)61(56)47-23-13-14-24-53(47)65-54/h1-34H. The van der Waals surface area contributed by atoms with Crippen molar-refractivity contribution >= 4 is 102 Å². The van der Waals surface area contributed by atoms with Gasteiger partial charge in [0.1, 0.15) is 0 Å². The Kier molecular flexibility index (Phi) is 6.68. The molecular weight excluding hydrogens is 802 g/mol. The molecule has 12 aromatic rings. The number of hydrogen-bond acceptors (Lipinski definition) is 1. The summed E-state index contributed by atoms with van der Waals surface area (Å²) < 4.78 is 5.39. The van der Waals surface area contributed by atoms with Crippen LogP contribution in [0.15, 0.2) is 216 Å². The van der Waals surface area contributed by atoms with Crippen LogP contribution in [0.3, 0.4) is 0 Å². The van der Waals surface area contributed by atoms with E-state index in [2.05, 4.69) is 215 Å². The fourth-order valence-corrected chi connectivity index (χ4v) is 13.7. The largest absolute Gasteiger partial charge is 0.311 e. The van der Waals surface area contributed by atoms with Crippen molar-refractivity contribution in [2.24, 2.45) is 0 Å². The zero-order valence-electron chi connectivity index (χ0n) is 35.1. The van der Waals surface area contributed by atoms with Gasteiger partial charge >= 0.3 is 0 Å². The molecule has 2 aromatic heterocycles. The Bertz CT molecular complexity index is 4080. The van der Waals surface area contributed by atoms with E-state index in [1.54, 1.807) is 0 Å². The first-order chi connectivity index (χ1) is 32.2. The molecule has 0 atom stereocenters. The van der Waals surface area contributed by atoms with Crippen LogP contribution in [0.1, 0.15) is 0 Å². The Morgan fingerprint density at radius 2 is 0.754 bits per heavy atom. The molecule has 296 valence electrons. The van der Waals surface area contributed by atoms with Gasteiger partial charge < -0.3 is 9.13 Å². The third kappa shape index (κ3) is 4.49. The molecule has 16 rings (SSSR count). The average Bonchev–Trinajstić information content (AvgIpc) is 3.89. The predicted octanol–water partition coefficient (Wildman–Crippen LogP) is 11.0. The van der Waals surface area contributed by atoms with Crippen molar-refractivity contribution in [3.05, 3.63) is 206 Å². The summed E-state index contributed by atoms with van der Waals surface area (Å²) in [5.41, 5.74) is 26.4. The monoisotopic (exact) mass is 836 g/mol. The minimum absolute atomic E-state index is 0.00260. The van der Waals surface area contributed by atoms with E-state index >= 15 is 0 Å². The third-order valence-electron chi connectivity index (χ3n) is 15.1. The van der Waals surface area contributed by atoms with E-state index in [9.17, 15) is 0 Å². The first-order valence-electron chi connectivity index (χ1n) is 22.7. The fraction of sp³-hybridized carbons (Fsp3) is 0. The first kappa shape index (κ1) is 34.7. The van der Waals surface area contributed by atoms with Crippen molar-refractivity contribution in [1.82, 2.24) is 9.13 Å². The Hall–Kier alpha value is -7.72. The summed E-state index contributed by atoms with van der Waals surface area (Å²) in [6.07, 6.45) is 0. The Labute approximate surface area is 380 Å². The van der Waals surface area contributed by atoms with Crippen LogP contribution >= 0.6 is 11.8 Å². The second-order valence-corrected chi connectivity index (χ2v) is 19.4. The van der Waals surface area contributed by atoms with Crippen LogP contribution < -0.4 is 32.8 Å². The summed E-state index contributed by atoms with van der Waals surface area (Å²) in [4.78, 5) is 2.70. The summed E-state index contributed by atoms with van der Waals surface area (Å²) in [6.45, 7) is 0.0937. The highest BCUT2D eigenvalue weighted by atomic mass is 32.2. The van der Waals surface area contributed by atoms with E-state index in [1.807, 2.05) is 11.8 Å². The highest BCUT2D eigenvalue weighted by molar-refractivity contribution is 8.00. The molecule has 0 amide bonds. The number of hydrogen-bond donors (Lipinski definition) is 0. The number of nitrogens with zero attached hydrogens (tertiary/aromatic N) is 2. The van der Waals surface area contributed by atoms with Gasteiger partial charge in [0.25, 0.3) is 6.71 Å². The van der Waals surface area contributed by atoms with Gasteiger partial charge in [0.05, 0.1) is 5.52 Å². The van der Waals surface area contributed by atoms with Gasteiger partial charge in [0, 0.05) is 59.3 Å². The maximum Gasteiger partial charge on any atom is 0.252 e. The third-order valence-corrected chi connectivity index (χ3v) is 16.2. The van der Waals surface area contributed by atoms with E-state index in [0.717, 1.165) is 0 Å². The van der Waals surface area contributed by atoms with Crippen LogP contribution in [0.5, 0.6) is 0 Å². The molecule has 0 saturated heterocycles. The summed E-state index contributed by atoms with van der Waals surface area (Å²) in [6, 6.07) is 78.1. The summed E-state index contributed by atoms with van der Waals surface area (Å²) in [7, 11) is 0.